The van der Waals surface area contributed by atoms with Gasteiger partial charge in [-0.05, 0) is 31.0 Å². The molecule has 168 valence electrons. The molecule has 31 heavy (non-hydrogen) atoms. The predicted octanol–water partition coefficient (Wildman–Crippen LogP) is 5.21. The summed E-state index contributed by atoms with van der Waals surface area (Å²) in [5.41, 5.74) is -3.76. The molecule has 1 amide bonds. The summed E-state index contributed by atoms with van der Waals surface area (Å²) < 4.78 is 66.5. The Balaban J connectivity index is 1.97. The molecule has 1 aliphatic rings. The largest absolute Gasteiger partial charge is 0.434 e. The number of alkyl halides is 5. The Labute approximate surface area is 183 Å². The SMILES string of the molecule is O=C(NC(c1cccc(Cl)n1)C1(O)CCC(F)(F)CC1)c1ccnc(C(F)(F)F)c1Cl. The second-order valence-corrected chi connectivity index (χ2v) is 8.04. The zero-order valence-corrected chi connectivity index (χ0v) is 17.2. The van der Waals surface area contributed by atoms with Gasteiger partial charge < -0.3 is 10.4 Å². The first-order valence-electron chi connectivity index (χ1n) is 9.08. The van der Waals surface area contributed by atoms with Crippen molar-refractivity contribution >= 4 is 29.1 Å². The lowest BCUT2D eigenvalue weighted by Gasteiger charge is -2.41. The van der Waals surface area contributed by atoms with Crippen LogP contribution in [0.15, 0.2) is 30.5 Å². The molecule has 0 aromatic carbocycles. The molecule has 2 aromatic heterocycles. The van der Waals surface area contributed by atoms with Gasteiger partial charge >= 0.3 is 6.18 Å². The highest BCUT2D eigenvalue weighted by molar-refractivity contribution is 6.34. The number of carbonyl (C=O) groups is 1. The van der Waals surface area contributed by atoms with Crippen LogP contribution in [0.3, 0.4) is 0 Å². The molecule has 0 saturated heterocycles. The molecule has 1 atom stereocenters. The molecule has 2 aromatic rings. The number of nitrogens with zero attached hydrogens (tertiary/aromatic N) is 2. The zero-order chi connectivity index (χ0) is 23.0. The zero-order valence-electron chi connectivity index (χ0n) is 15.7. The van der Waals surface area contributed by atoms with Gasteiger partial charge in [0.1, 0.15) is 11.2 Å². The molecular weight excluding hydrogens is 468 g/mol. The first kappa shape index (κ1) is 23.6. The fourth-order valence-corrected chi connectivity index (χ4v) is 3.91. The van der Waals surface area contributed by atoms with Crippen molar-refractivity contribution in [3.05, 3.63) is 57.6 Å². The van der Waals surface area contributed by atoms with E-state index >= 15 is 0 Å². The van der Waals surface area contributed by atoms with Crippen molar-refractivity contribution in [2.24, 2.45) is 0 Å². The third-order valence-corrected chi connectivity index (χ3v) is 5.69. The smallest absolute Gasteiger partial charge is 0.387 e. The highest BCUT2D eigenvalue weighted by atomic mass is 35.5. The number of aliphatic hydroxyl groups is 1. The third kappa shape index (κ3) is 5.24. The Morgan fingerprint density at radius 1 is 1.13 bits per heavy atom. The maximum Gasteiger partial charge on any atom is 0.434 e. The summed E-state index contributed by atoms with van der Waals surface area (Å²) in [6.45, 7) is 0. The molecule has 0 radical (unpaired) electrons. The summed E-state index contributed by atoms with van der Waals surface area (Å²) in [5, 5.41) is 12.6. The van der Waals surface area contributed by atoms with E-state index in [-0.39, 0.29) is 23.7 Å². The summed E-state index contributed by atoms with van der Waals surface area (Å²) in [4.78, 5) is 20.0. The molecule has 1 saturated carbocycles. The Bertz CT molecular complexity index is 977. The van der Waals surface area contributed by atoms with E-state index in [2.05, 4.69) is 15.3 Å². The second kappa shape index (κ2) is 8.48. The van der Waals surface area contributed by atoms with E-state index in [0.29, 0.717) is 0 Å². The lowest BCUT2D eigenvalue weighted by molar-refractivity contribution is -0.141. The minimum atomic E-state index is -4.89. The maximum absolute atomic E-state index is 13.6. The van der Waals surface area contributed by atoms with Gasteiger partial charge in [-0.3, -0.25) is 9.78 Å². The summed E-state index contributed by atoms with van der Waals surface area (Å²) >= 11 is 11.6. The van der Waals surface area contributed by atoms with E-state index < -0.39 is 58.8 Å². The summed E-state index contributed by atoms with van der Waals surface area (Å²) in [6.07, 6.45) is -6.15. The molecule has 2 N–H and O–H groups in total. The highest BCUT2D eigenvalue weighted by Gasteiger charge is 2.48. The Morgan fingerprint density at radius 3 is 2.35 bits per heavy atom. The number of nitrogens with one attached hydrogen (secondary N) is 1. The first-order chi connectivity index (χ1) is 14.3. The minimum absolute atomic E-state index is 0.0165. The van der Waals surface area contributed by atoms with E-state index in [1.165, 1.54) is 18.2 Å². The van der Waals surface area contributed by atoms with Crippen molar-refractivity contribution < 1.29 is 31.9 Å². The molecule has 12 heteroatoms. The lowest BCUT2D eigenvalue weighted by atomic mass is 9.76. The number of halogens is 7. The van der Waals surface area contributed by atoms with Crippen LogP contribution in [0, 0.1) is 0 Å². The van der Waals surface area contributed by atoms with Crippen molar-refractivity contribution in [1.82, 2.24) is 15.3 Å². The van der Waals surface area contributed by atoms with Crippen LogP contribution in [0.4, 0.5) is 22.0 Å². The van der Waals surface area contributed by atoms with E-state index in [4.69, 9.17) is 23.2 Å². The van der Waals surface area contributed by atoms with E-state index in [9.17, 15) is 31.9 Å². The van der Waals surface area contributed by atoms with Crippen LogP contribution in [0.25, 0.3) is 0 Å². The van der Waals surface area contributed by atoms with E-state index in [0.717, 1.165) is 12.3 Å². The van der Waals surface area contributed by atoms with E-state index in [1.807, 2.05) is 0 Å². The molecule has 0 aliphatic heterocycles. The molecule has 3 rings (SSSR count). The average Bonchev–Trinajstić information content (AvgIpc) is 2.67. The Morgan fingerprint density at radius 2 is 1.77 bits per heavy atom. The van der Waals surface area contributed by atoms with Gasteiger partial charge in [-0.25, -0.2) is 13.8 Å². The highest BCUT2D eigenvalue weighted by Crippen LogP contribution is 2.44. The van der Waals surface area contributed by atoms with Crippen LogP contribution in [0.1, 0.15) is 53.5 Å². The normalized spacial score (nSPS) is 19.0. The molecular formula is C19H16Cl2F5N3O2. The second-order valence-electron chi connectivity index (χ2n) is 7.27. The monoisotopic (exact) mass is 483 g/mol. The van der Waals surface area contributed by atoms with Crippen molar-refractivity contribution in [1.29, 1.82) is 0 Å². The fourth-order valence-electron chi connectivity index (χ4n) is 3.43. The fraction of sp³-hybridized carbons (Fsp3) is 0.421. The van der Waals surface area contributed by atoms with Crippen molar-refractivity contribution in [3.63, 3.8) is 0 Å². The molecule has 2 heterocycles. The summed E-state index contributed by atoms with van der Waals surface area (Å²) in [5.74, 6) is -4.03. The summed E-state index contributed by atoms with van der Waals surface area (Å²) in [6, 6.07) is 3.98. The van der Waals surface area contributed by atoms with Gasteiger partial charge in [0.2, 0.25) is 5.92 Å². The van der Waals surface area contributed by atoms with Gasteiger partial charge in [-0.15, -0.1) is 0 Å². The Kier molecular flexibility index (Phi) is 6.46. The molecule has 0 spiro atoms. The number of amides is 1. The minimum Gasteiger partial charge on any atom is -0.387 e. The molecule has 5 nitrogen and oxygen atoms in total. The first-order valence-corrected chi connectivity index (χ1v) is 9.83. The standard InChI is InChI=1S/C19H16Cl2F5N3O2/c20-12-3-1-2-11(28-12)14(17(31)5-7-18(22,23)8-6-17)29-16(30)10-4-9-27-15(13(10)21)19(24,25)26/h1-4,9,14,31H,5-8H2,(H,29,30). The van der Waals surface area contributed by atoms with Gasteiger partial charge in [-0.1, -0.05) is 29.3 Å². The van der Waals surface area contributed by atoms with Crippen LogP contribution in [-0.4, -0.2) is 32.5 Å². The number of rotatable bonds is 4. The number of aromatic nitrogens is 2. The van der Waals surface area contributed by atoms with E-state index in [1.54, 1.807) is 0 Å². The van der Waals surface area contributed by atoms with Gasteiger partial charge in [-0.2, -0.15) is 13.2 Å². The molecule has 1 unspecified atom stereocenters. The van der Waals surface area contributed by atoms with Crippen LogP contribution in [0.5, 0.6) is 0 Å². The summed E-state index contributed by atoms with van der Waals surface area (Å²) in [7, 11) is 0. The number of carbonyl (C=O) groups excluding carboxylic acids is 1. The van der Waals surface area contributed by atoms with Gasteiger partial charge in [0, 0.05) is 19.0 Å². The number of hydrogen-bond acceptors (Lipinski definition) is 4. The molecule has 1 fully saturated rings. The molecule has 1 aliphatic carbocycles. The third-order valence-electron chi connectivity index (χ3n) is 5.09. The lowest BCUT2D eigenvalue weighted by Crippen LogP contribution is -2.50. The number of hydrogen-bond donors (Lipinski definition) is 2. The average molecular weight is 484 g/mol. The van der Waals surface area contributed by atoms with Crippen LogP contribution in [0.2, 0.25) is 10.2 Å². The quantitative estimate of drug-likeness (QED) is 0.462. The Hall–Kier alpha value is -2.04. The van der Waals surface area contributed by atoms with Crippen LogP contribution >= 0.6 is 23.2 Å². The van der Waals surface area contributed by atoms with Crippen molar-refractivity contribution in [2.45, 2.75) is 49.4 Å². The van der Waals surface area contributed by atoms with Crippen molar-refractivity contribution in [3.8, 4) is 0 Å². The van der Waals surface area contributed by atoms with Crippen molar-refractivity contribution in [2.75, 3.05) is 0 Å². The van der Waals surface area contributed by atoms with Gasteiger partial charge in [0.15, 0.2) is 5.69 Å². The van der Waals surface area contributed by atoms with Crippen LogP contribution in [-0.2, 0) is 6.18 Å². The predicted molar refractivity (Wildman–Crippen MR) is 102 cm³/mol. The maximum atomic E-state index is 13.6. The van der Waals surface area contributed by atoms with Crippen LogP contribution < -0.4 is 5.32 Å². The van der Waals surface area contributed by atoms with Gasteiger partial charge in [0.25, 0.3) is 5.91 Å². The molecule has 0 bridgehead atoms. The topological polar surface area (TPSA) is 75.1 Å². The van der Waals surface area contributed by atoms with Gasteiger partial charge in [0.05, 0.1) is 21.9 Å². The number of pyridine rings is 2.